The molecule has 4 nitrogen and oxygen atoms in total. The number of carbonyl (C=O) groups excluding carboxylic acids is 1. The molecule has 110 valence electrons. The van der Waals surface area contributed by atoms with Crippen molar-refractivity contribution in [2.24, 2.45) is 17.6 Å². The minimum absolute atomic E-state index is 0.150. The van der Waals surface area contributed by atoms with Crippen LogP contribution in [0.3, 0.4) is 0 Å². The maximum atomic E-state index is 12.3. The Bertz CT molecular complexity index is 304. The van der Waals surface area contributed by atoms with E-state index in [0.29, 0.717) is 18.5 Å². The number of rotatable bonds is 6. The molecule has 1 amide bonds. The number of hydrogen-bond acceptors (Lipinski definition) is 3. The molecule has 2 fully saturated rings. The lowest BCUT2D eigenvalue weighted by Crippen LogP contribution is -2.45. The number of hydrogen-bond donors (Lipinski definition) is 2. The van der Waals surface area contributed by atoms with Crippen LogP contribution in [0, 0.1) is 11.8 Å². The number of nitrogens with one attached hydrogen (secondary N) is 1. The van der Waals surface area contributed by atoms with Crippen molar-refractivity contribution in [3.63, 3.8) is 0 Å². The molecule has 3 unspecified atom stereocenters. The van der Waals surface area contributed by atoms with Crippen molar-refractivity contribution in [1.82, 2.24) is 10.2 Å². The van der Waals surface area contributed by atoms with Gasteiger partial charge in [0, 0.05) is 24.5 Å². The molecule has 0 heterocycles. The first-order chi connectivity index (χ1) is 9.13. The fourth-order valence-electron chi connectivity index (χ4n) is 3.20. The van der Waals surface area contributed by atoms with Crippen LogP contribution in [-0.4, -0.2) is 43.0 Å². The van der Waals surface area contributed by atoms with E-state index in [2.05, 4.69) is 24.2 Å². The number of nitrogens with zero attached hydrogens (tertiary/aromatic N) is 1. The molecular weight excluding hydrogens is 238 g/mol. The van der Waals surface area contributed by atoms with E-state index in [0.717, 1.165) is 25.4 Å². The summed E-state index contributed by atoms with van der Waals surface area (Å²) in [6.07, 6.45) is 7.16. The minimum Gasteiger partial charge on any atom is -0.354 e. The van der Waals surface area contributed by atoms with Gasteiger partial charge in [-0.25, -0.2) is 0 Å². The molecular formula is C15H29N3O. The summed E-state index contributed by atoms with van der Waals surface area (Å²) < 4.78 is 0. The molecule has 0 aromatic heterocycles. The topological polar surface area (TPSA) is 58.4 Å². The lowest BCUT2D eigenvalue weighted by molar-refractivity contribution is -0.127. The van der Waals surface area contributed by atoms with Gasteiger partial charge in [-0.15, -0.1) is 0 Å². The third kappa shape index (κ3) is 3.93. The van der Waals surface area contributed by atoms with Gasteiger partial charge in [-0.3, -0.25) is 9.69 Å². The van der Waals surface area contributed by atoms with Crippen LogP contribution in [0.5, 0.6) is 0 Å². The van der Waals surface area contributed by atoms with E-state index in [1.165, 1.54) is 25.7 Å². The van der Waals surface area contributed by atoms with Gasteiger partial charge >= 0.3 is 0 Å². The Labute approximate surface area is 117 Å². The Hall–Kier alpha value is -0.610. The van der Waals surface area contributed by atoms with Crippen LogP contribution >= 0.6 is 0 Å². The monoisotopic (exact) mass is 267 g/mol. The van der Waals surface area contributed by atoms with Crippen molar-refractivity contribution in [2.45, 2.75) is 57.5 Å². The molecule has 0 radical (unpaired) electrons. The van der Waals surface area contributed by atoms with Crippen molar-refractivity contribution in [3.05, 3.63) is 0 Å². The zero-order valence-corrected chi connectivity index (χ0v) is 12.4. The van der Waals surface area contributed by atoms with Crippen molar-refractivity contribution >= 4 is 5.91 Å². The van der Waals surface area contributed by atoms with E-state index in [1.54, 1.807) is 0 Å². The van der Waals surface area contributed by atoms with Crippen LogP contribution in [0.1, 0.15) is 45.4 Å². The first-order valence-electron chi connectivity index (χ1n) is 7.83. The molecule has 0 spiro atoms. The van der Waals surface area contributed by atoms with Gasteiger partial charge in [-0.2, -0.15) is 0 Å². The summed E-state index contributed by atoms with van der Waals surface area (Å²) in [5, 5.41) is 3.14. The first-order valence-corrected chi connectivity index (χ1v) is 7.83. The average Bonchev–Trinajstić information content (AvgIpc) is 3.28. The van der Waals surface area contributed by atoms with E-state index in [4.69, 9.17) is 5.73 Å². The Balaban J connectivity index is 1.76. The summed E-state index contributed by atoms with van der Waals surface area (Å²) in [6.45, 7) is 3.61. The van der Waals surface area contributed by atoms with Crippen molar-refractivity contribution in [2.75, 3.05) is 20.1 Å². The van der Waals surface area contributed by atoms with Gasteiger partial charge in [0.2, 0.25) is 5.91 Å². The maximum Gasteiger partial charge on any atom is 0.223 e. The molecule has 0 aromatic carbocycles. The van der Waals surface area contributed by atoms with Crippen molar-refractivity contribution in [1.29, 1.82) is 0 Å². The highest BCUT2D eigenvalue weighted by molar-refractivity contribution is 5.79. The van der Waals surface area contributed by atoms with Crippen LogP contribution in [0.4, 0.5) is 0 Å². The highest BCUT2D eigenvalue weighted by Gasteiger charge is 2.32. The molecule has 3 atom stereocenters. The quantitative estimate of drug-likeness (QED) is 0.764. The zero-order chi connectivity index (χ0) is 13.8. The standard InChI is InChI=1S/C15H29N3O/c1-11(18(2)13-7-8-13)10-17-15(19)14-6-4-3-5-12(14)9-16/h11-14H,3-10,16H2,1-2H3,(H,17,19). The van der Waals surface area contributed by atoms with Gasteiger partial charge in [0.05, 0.1) is 0 Å². The van der Waals surface area contributed by atoms with Gasteiger partial charge < -0.3 is 11.1 Å². The van der Waals surface area contributed by atoms with Crippen LogP contribution in [-0.2, 0) is 4.79 Å². The number of amides is 1. The second-order valence-electron chi connectivity index (χ2n) is 6.38. The summed E-state index contributed by atoms with van der Waals surface area (Å²) in [7, 11) is 2.16. The van der Waals surface area contributed by atoms with Gasteiger partial charge in [0.15, 0.2) is 0 Å². The normalized spacial score (nSPS) is 29.3. The third-order valence-corrected chi connectivity index (χ3v) is 4.94. The Morgan fingerprint density at radius 3 is 2.63 bits per heavy atom. The van der Waals surface area contributed by atoms with E-state index in [9.17, 15) is 4.79 Å². The Morgan fingerprint density at radius 2 is 2.00 bits per heavy atom. The van der Waals surface area contributed by atoms with Crippen molar-refractivity contribution < 1.29 is 4.79 Å². The van der Waals surface area contributed by atoms with E-state index < -0.39 is 0 Å². The maximum absolute atomic E-state index is 12.3. The van der Waals surface area contributed by atoms with Gasteiger partial charge in [0.25, 0.3) is 0 Å². The predicted octanol–water partition coefficient (Wildman–Crippen LogP) is 1.35. The number of nitrogens with two attached hydrogens (primary N) is 1. The van der Waals surface area contributed by atoms with Crippen LogP contribution < -0.4 is 11.1 Å². The number of carbonyl (C=O) groups is 1. The lowest BCUT2D eigenvalue weighted by Gasteiger charge is -2.31. The summed E-state index contributed by atoms with van der Waals surface area (Å²) in [6, 6.07) is 1.18. The van der Waals surface area contributed by atoms with Gasteiger partial charge in [-0.1, -0.05) is 12.8 Å². The second-order valence-corrected chi connectivity index (χ2v) is 6.38. The zero-order valence-electron chi connectivity index (χ0n) is 12.4. The molecule has 0 aliphatic heterocycles. The van der Waals surface area contributed by atoms with Crippen molar-refractivity contribution in [3.8, 4) is 0 Å². The molecule has 3 N–H and O–H groups in total. The summed E-state index contributed by atoms with van der Waals surface area (Å²) in [5.41, 5.74) is 5.80. The molecule has 19 heavy (non-hydrogen) atoms. The highest BCUT2D eigenvalue weighted by atomic mass is 16.1. The first kappa shape index (κ1) is 14.8. The highest BCUT2D eigenvalue weighted by Crippen LogP contribution is 2.29. The number of likely N-dealkylation sites (N-methyl/N-ethyl adjacent to an activating group) is 1. The van der Waals surface area contributed by atoms with Crippen LogP contribution in [0.25, 0.3) is 0 Å². The Kier molecular flexibility index (Phi) is 5.22. The summed E-state index contributed by atoms with van der Waals surface area (Å²) in [5.74, 6) is 0.772. The molecule has 2 saturated carbocycles. The molecule has 0 bridgehead atoms. The molecule has 2 aliphatic rings. The molecule has 0 saturated heterocycles. The summed E-state index contributed by atoms with van der Waals surface area (Å²) in [4.78, 5) is 14.7. The fraction of sp³-hybridized carbons (Fsp3) is 0.933. The third-order valence-electron chi connectivity index (χ3n) is 4.94. The second kappa shape index (κ2) is 6.71. The molecule has 0 aromatic rings. The van der Waals surface area contributed by atoms with Crippen LogP contribution in [0.2, 0.25) is 0 Å². The largest absolute Gasteiger partial charge is 0.354 e. The van der Waals surface area contributed by atoms with E-state index in [-0.39, 0.29) is 11.8 Å². The minimum atomic E-state index is 0.150. The fourth-order valence-corrected chi connectivity index (χ4v) is 3.20. The molecule has 2 aliphatic carbocycles. The van der Waals surface area contributed by atoms with E-state index in [1.807, 2.05) is 0 Å². The smallest absolute Gasteiger partial charge is 0.223 e. The average molecular weight is 267 g/mol. The van der Waals surface area contributed by atoms with Crippen LogP contribution in [0.15, 0.2) is 0 Å². The summed E-state index contributed by atoms with van der Waals surface area (Å²) >= 11 is 0. The Morgan fingerprint density at radius 1 is 1.32 bits per heavy atom. The molecule has 4 heteroatoms. The SMILES string of the molecule is CC(CNC(=O)C1CCCCC1CN)N(C)C1CC1. The van der Waals surface area contributed by atoms with Gasteiger partial charge in [-0.05, 0) is 52.1 Å². The van der Waals surface area contributed by atoms with Gasteiger partial charge in [0.1, 0.15) is 0 Å². The van der Waals surface area contributed by atoms with E-state index >= 15 is 0 Å². The lowest BCUT2D eigenvalue weighted by atomic mass is 9.79. The predicted molar refractivity (Wildman–Crippen MR) is 77.8 cm³/mol. The molecule has 2 rings (SSSR count).